The van der Waals surface area contributed by atoms with Crippen LogP contribution in [0.2, 0.25) is 5.02 Å². The zero-order valence-corrected chi connectivity index (χ0v) is 19.7. The van der Waals surface area contributed by atoms with Crippen molar-refractivity contribution in [3.05, 3.63) is 40.9 Å². The van der Waals surface area contributed by atoms with Crippen molar-refractivity contribution in [2.75, 3.05) is 46.3 Å². The summed E-state index contributed by atoms with van der Waals surface area (Å²) < 4.78 is 21.8. The van der Waals surface area contributed by atoms with E-state index in [2.05, 4.69) is 15.6 Å². The van der Waals surface area contributed by atoms with E-state index in [1.807, 2.05) is 30.3 Å². The largest absolute Gasteiger partial charge is 0.493 e. The number of guanidine groups is 1. The average molecular weight is 534 g/mol. The Labute approximate surface area is 192 Å². The molecule has 0 atom stereocenters. The minimum atomic E-state index is 0. The second kappa shape index (κ2) is 11.2. The summed E-state index contributed by atoms with van der Waals surface area (Å²) in [5, 5.41) is 7.09. The van der Waals surface area contributed by atoms with E-state index in [1.165, 1.54) is 0 Å². The maximum atomic E-state index is 6.29. The third kappa shape index (κ3) is 5.96. The second-order valence-electron chi connectivity index (χ2n) is 6.05. The van der Waals surface area contributed by atoms with Crippen LogP contribution in [0.4, 0.5) is 5.69 Å². The van der Waals surface area contributed by atoms with Crippen LogP contribution in [-0.2, 0) is 6.42 Å². The Morgan fingerprint density at radius 3 is 2.59 bits per heavy atom. The first-order valence-electron chi connectivity index (χ1n) is 8.92. The van der Waals surface area contributed by atoms with E-state index in [9.17, 15) is 0 Å². The number of nitrogens with zero attached hydrogens (tertiary/aromatic N) is 1. The van der Waals surface area contributed by atoms with Crippen LogP contribution in [0.1, 0.15) is 5.56 Å². The molecule has 0 unspecified atom stereocenters. The molecule has 0 aromatic heterocycles. The maximum absolute atomic E-state index is 6.29. The van der Waals surface area contributed by atoms with Gasteiger partial charge in [0.25, 0.3) is 0 Å². The summed E-state index contributed by atoms with van der Waals surface area (Å²) >= 11 is 6.29. The van der Waals surface area contributed by atoms with E-state index in [4.69, 9.17) is 30.5 Å². The molecule has 1 heterocycles. The number of nitrogens with one attached hydrogen (secondary N) is 2. The van der Waals surface area contributed by atoms with E-state index >= 15 is 0 Å². The van der Waals surface area contributed by atoms with Gasteiger partial charge in [-0.05, 0) is 36.2 Å². The van der Waals surface area contributed by atoms with Gasteiger partial charge in [0.15, 0.2) is 29.0 Å². The van der Waals surface area contributed by atoms with Crippen molar-refractivity contribution in [3.8, 4) is 23.0 Å². The molecule has 2 aromatic rings. The molecular weight excluding hydrogens is 509 g/mol. The number of fused-ring (bicyclic) bond motifs is 1. The van der Waals surface area contributed by atoms with Gasteiger partial charge in [-0.25, -0.2) is 0 Å². The molecule has 29 heavy (non-hydrogen) atoms. The normalized spacial score (nSPS) is 12.6. The molecule has 0 saturated carbocycles. The first-order valence-corrected chi connectivity index (χ1v) is 9.30. The highest BCUT2D eigenvalue weighted by molar-refractivity contribution is 14.0. The van der Waals surface area contributed by atoms with Crippen LogP contribution in [0.5, 0.6) is 23.0 Å². The molecule has 0 radical (unpaired) electrons. The van der Waals surface area contributed by atoms with Crippen LogP contribution in [0.25, 0.3) is 0 Å². The van der Waals surface area contributed by atoms with Crippen LogP contribution in [0.15, 0.2) is 35.3 Å². The second-order valence-corrected chi connectivity index (χ2v) is 6.45. The molecule has 7 nitrogen and oxygen atoms in total. The first kappa shape index (κ1) is 23.2. The van der Waals surface area contributed by atoms with E-state index < -0.39 is 0 Å². The molecule has 1 aliphatic rings. The standard InChI is InChI=1S/C20H24ClN3O4.HI/c1-22-20(24-14-4-5-16(25-2)17(12-14)26-3)23-7-6-13-10-15(21)19-18(11-13)27-8-9-28-19;/h4-5,10-12H,6-9H2,1-3H3,(H2,22,23,24);1H. The van der Waals surface area contributed by atoms with Gasteiger partial charge >= 0.3 is 0 Å². The fourth-order valence-corrected chi connectivity index (χ4v) is 3.15. The Hall–Kier alpha value is -2.07. The van der Waals surface area contributed by atoms with Gasteiger partial charge < -0.3 is 29.6 Å². The van der Waals surface area contributed by atoms with Gasteiger partial charge in [-0.15, -0.1) is 24.0 Å². The summed E-state index contributed by atoms with van der Waals surface area (Å²) in [7, 11) is 4.93. The Bertz CT molecular complexity index is 864. The van der Waals surface area contributed by atoms with Crippen molar-refractivity contribution < 1.29 is 18.9 Å². The minimum Gasteiger partial charge on any atom is -0.493 e. The minimum absolute atomic E-state index is 0. The summed E-state index contributed by atoms with van der Waals surface area (Å²) in [6.07, 6.45) is 0.753. The van der Waals surface area contributed by atoms with Gasteiger partial charge in [0.05, 0.1) is 19.2 Å². The van der Waals surface area contributed by atoms with Crippen molar-refractivity contribution >= 4 is 47.2 Å². The lowest BCUT2D eigenvalue weighted by molar-refractivity contribution is 0.171. The molecular formula is C20H25ClIN3O4. The number of aliphatic imine (C=N–C) groups is 1. The lowest BCUT2D eigenvalue weighted by Crippen LogP contribution is -2.32. The highest BCUT2D eigenvalue weighted by Gasteiger charge is 2.16. The van der Waals surface area contributed by atoms with Crippen LogP contribution < -0.4 is 29.6 Å². The molecule has 2 aromatic carbocycles. The topological polar surface area (TPSA) is 73.3 Å². The number of methoxy groups -OCH3 is 2. The Morgan fingerprint density at radius 1 is 1.10 bits per heavy atom. The number of rotatable bonds is 6. The molecule has 9 heteroatoms. The van der Waals surface area contributed by atoms with Crippen molar-refractivity contribution in [1.29, 1.82) is 0 Å². The predicted molar refractivity (Wildman–Crippen MR) is 126 cm³/mol. The maximum Gasteiger partial charge on any atom is 0.195 e. The highest BCUT2D eigenvalue weighted by atomic mass is 127. The zero-order chi connectivity index (χ0) is 19.9. The molecule has 0 spiro atoms. The highest BCUT2D eigenvalue weighted by Crippen LogP contribution is 2.38. The molecule has 2 N–H and O–H groups in total. The summed E-state index contributed by atoms with van der Waals surface area (Å²) in [5.74, 6) is 3.29. The summed E-state index contributed by atoms with van der Waals surface area (Å²) in [5.41, 5.74) is 1.90. The fourth-order valence-electron chi connectivity index (χ4n) is 2.86. The smallest absolute Gasteiger partial charge is 0.195 e. The number of benzene rings is 2. The Kier molecular flexibility index (Phi) is 8.97. The van der Waals surface area contributed by atoms with Gasteiger partial charge in [0.2, 0.25) is 0 Å². The van der Waals surface area contributed by atoms with Crippen molar-refractivity contribution in [2.45, 2.75) is 6.42 Å². The van der Waals surface area contributed by atoms with Gasteiger partial charge in [0.1, 0.15) is 13.2 Å². The number of anilines is 1. The summed E-state index contributed by atoms with van der Waals surface area (Å²) in [4.78, 5) is 4.25. The molecule has 0 fully saturated rings. The van der Waals surface area contributed by atoms with Gasteiger partial charge in [0, 0.05) is 25.3 Å². The monoisotopic (exact) mass is 533 g/mol. The van der Waals surface area contributed by atoms with Gasteiger partial charge in [-0.3, -0.25) is 4.99 Å². The van der Waals surface area contributed by atoms with Crippen molar-refractivity contribution in [1.82, 2.24) is 5.32 Å². The van der Waals surface area contributed by atoms with Crippen LogP contribution in [0.3, 0.4) is 0 Å². The van der Waals surface area contributed by atoms with Crippen molar-refractivity contribution in [3.63, 3.8) is 0 Å². The Morgan fingerprint density at radius 2 is 1.86 bits per heavy atom. The number of halogens is 2. The molecule has 158 valence electrons. The molecule has 0 amide bonds. The molecule has 0 bridgehead atoms. The molecule has 1 aliphatic heterocycles. The third-order valence-corrected chi connectivity index (χ3v) is 4.51. The lowest BCUT2D eigenvalue weighted by Gasteiger charge is -2.20. The number of hydrogen-bond donors (Lipinski definition) is 2. The van der Waals surface area contributed by atoms with Crippen LogP contribution in [0, 0.1) is 0 Å². The molecule has 0 aliphatic carbocycles. The lowest BCUT2D eigenvalue weighted by atomic mass is 10.1. The third-order valence-electron chi connectivity index (χ3n) is 4.23. The van der Waals surface area contributed by atoms with Gasteiger partial charge in [-0.1, -0.05) is 11.6 Å². The molecule has 3 rings (SSSR count). The van der Waals surface area contributed by atoms with Crippen LogP contribution >= 0.6 is 35.6 Å². The SMILES string of the molecule is CN=C(NCCc1cc(Cl)c2c(c1)OCCO2)Nc1ccc(OC)c(OC)c1.I. The fraction of sp³-hybridized carbons (Fsp3) is 0.350. The van der Waals surface area contributed by atoms with Crippen molar-refractivity contribution in [2.24, 2.45) is 4.99 Å². The summed E-state index contributed by atoms with van der Waals surface area (Å²) in [6.45, 7) is 1.72. The quantitative estimate of drug-likeness (QED) is 0.333. The van der Waals surface area contributed by atoms with E-state index in [1.54, 1.807) is 21.3 Å². The van der Waals surface area contributed by atoms with Crippen LogP contribution in [-0.4, -0.2) is 47.0 Å². The number of hydrogen-bond acceptors (Lipinski definition) is 5. The Balaban J connectivity index is 0.00000300. The number of ether oxygens (including phenoxy) is 4. The van der Waals surface area contributed by atoms with Gasteiger partial charge in [-0.2, -0.15) is 0 Å². The van der Waals surface area contributed by atoms with E-state index in [-0.39, 0.29) is 24.0 Å². The molecule has 0 saturated heterocycles. The van der Waals surface area contributed by atoms with E-state index in [0.717, 1.165) is 17.7 Å². The zero-order valence-electron chi connectivity index (χ0n) is 16.6. The first-order chi connectivity index (χ1) is 13.6. The average Bonchev–Trinajstić information content (AvgIpc) is 2.73. The summed E-state index contributed by atoms with van der Waals surface area (Å²) in [6, 6.07) is 9.46. The van der Waals surface area contributed by atoms with E-state index in [0.29, 0.717) is 53.7 Å². The predicted octanol–water partition coefficient (Wildman–Crippen LogP) is 3.98.